The molecule has 0 fully saturated rings. The van der Waals surface area contributed by atoms with Gasteiger partial charge in [-0.25, -0.2) is 9.79 Å². The SMILES string of the molecule is C=CCn1cc2c(nc1=O)Nc1ccccc1N=C2N. The minimum Gasteiger partial charge on any atom is -0.383 e. The summed E-state index contributed by atoms with van der Waals surface area (Å²) in [6.07, 6.45) is 3.27. The first-order valence-corrected chi connectivity index (χ1v) is 6.12. The average molecular weight is 267 g/mol. The van der Waals surface area contributed by atoms with Gasteiger partial charge in [0.15, 0.2) is 0 Å². The molecule has 1 aromatic heterocycles. The number of nitrogens with zero attached hydrogens (tertiary/aromatic N) is 3. The molecule has 20 heavy (non-hydrogen) atoms. The van der Waals surface area contributed by atoms with E-state index >= 15 is 0 Å². The van der Waals surface area contributed by atoms with E-state index in [1.54, 1.807) is 12.3 Å². The van der Waals surface area contributed by atoms with Gasteiger partial charge in [-0.05, 0) is 12.1 Å². The number of fused-ring (bicyclic) bond motifs is 2. The van der Waals surface area contributed by atoms with Gasteiger partial charge in [0.2, 0.25) is 0 Å². The second-order valence-corrected chi connectivity index (χ2v) is 4.37. The molecule has 0 aliphatic carbocycles. The Kier molecular flexibility index (Phi) is 2.83. The van der Waals surface area contributed by atoms with Crippen LogP contribution in [0.1, 0.15) is 5.56 Å². The van der Waals surface area contributed by atoms with Gasteiger partial charge in [-0.1, -0.05) is 18.2 Å². The maximum absolute atomic E-state index is 11.9. The summed E-state index contributed by atoms with van der Waals surface area (Å²) in [5, 5.41) is 3.10. The van der Waals surface area contributed by atoms with Crippen molar-refractivity contribution in [2.24, 2.45) is 10.7 Å². The number of aliphatic imine (C=N–C) groups is 1. The number of hydrogen-bond donors (Lipinski definition) is 2. The number of hydrogen-bond acceptors (Lipinski definition) is 5. The van der Waals surface area contributed by atoms with E-state index in [-0.39, 0.29) is 5.69 Å². The normalized spacial score (nSPS) is 12.5. The minimum atomic E-state index is -0.358. The summed E-state index contributed by atoms with van der Waals surface area (Å²) < 4.78 is 1.44. The van der Waals surface area contributed by atoms with Crippen LogP contribution in [0.15, 0.2) is 52.9 Å². The van der Waals surface area contributed by atoms with Gasteiger partial charge in [0.1, 0.15) is 11.7 Å². The number of anilines is 2. The van der Waals surface area contributed by atoms with E-state index in [1.165, 1.54) is 4.57 Å². The quantitative estimate of drug-likeness (QED) is 0.808. The standard InChI is InChI=1S/C14H13N5O/c1-2-7-19-8-9-12(15)16-10-5-3-4-6-11(10)17-13(9)18-14(19)20/h2-6,8H,1,7H2,(H2,15,16)(H,17,18,20). The lowest BCUT2D eigenvalue weighted by Gasteiger charge is -2.10. The van der Waals surface area contributed by atoms with Crippen LogP contribution in [0.25, 0.3) is 0 Å². The maximum Gasteiger partial charge on any atom is 0.349 e. The van der Waals surface area contributed by atoms with Crippen molar-refractivity contribution >= 4 is 23.0 Å². The van der Waals surface area contributed by atoms with Crippen LogP contribution in [0.4, 0.5) is 17.2 Å². The number of nitrogens with two attached hydrogens (primary N) is 1. The first-order valence-electron chi connectivity index (χ1n) is 6.12. The number of nitrogens with one attached hydrogen (secondary N) is 1. The third-order valence-electron chi connectivity index (χ3n) is 2.99. The number of aromatic nitrogens is 2. The summed E-state index contributed by atoms with van der Waals surface area (Å²) in [5.74, 6) is 0.740. The molecular weight excluding hydrogens is 254 g/mol. The predicted molar refractivity (Wildman–Crippen MR) is 78.8 cm³/mol. The third-order valence-corrected chi connectivity index (χ3v) is 2.99. The Balaban J connectivity index is 2.21. The Morgan fingerprint density at radius 1 is 1.40 bits per heavy atom. The van der Waals surface area contributed by atoms with Crippen LogP contribution in [0.5, 0.6) is 0 Å². The van der Waals surface area contributed by atoms with Gasteiger partial charge in [0, 0.05) is 12.7 Å². The highest BCUT2D eigenvalue weighted by Crippen LogP contribution is 2.31. The molecule has 6 heteroatoms. The molecular formula is C14H13N5O. The second-order valence-electron chi connectivity index (χ2n) is 4.37. The molecule has 0 bridgehead atoms. The van der Waals surface area contributed by atoms with E-state index in [2.05, 4.69) is 21.9 Å². The largest absolute Gasteiger partial charge is 0.383 e. The molecule has 2 heterocycles. The van der Waals surface area contributed by atoms with Gasteiger partial charge >= 0.3 is 5.69 Å². The monoisotopic (exact) mass is 267 g/mol. The Bertz CT molecular complexity index is 775. The molecule has 2 aromatic rings. The molecule has 0 spiro atoms. The summed E-state index contributed by atoms with van der Waals surface area (Å²) in [4.78, 5) is 20.3. The number of rotatable bonds is 2. The summed E-state index contributed by atoms with van der Waals surface area (Å²) >= 11 is 0. The molecule has 1 aliphatic heterocycles. The van der Waals surface area contributed by atoms with Crippen molar-refractivity contribution in [3.05, 3.63) is 59.2 Å². The molecule has 0 saturated carbocycles. The summed E-state index contributed by atoms with van der Waals surface area (Å²) in [6.45, 7) is 3.99. The predicted octanol–water partition coefficient (Wildman–Crippen LogP) is 1.52. The third kappa shape index (κ3) is 1.97. The molecule has 1 aromatic carbocycles. The molecule has 1 aliphatic rings. The fraction of sp³-hybridized carbons (Fsp3) is 0.0714. The highest BCUT2D eigenvalue weighted by Gasteiger charge is 2.17. The van der Waals surface area contributed by atoms with Crippen molar-refractivity contribution in [3.8, 4) is 0 Å². The molecule has 0 amide bonds. The van der Waals surface area contributed by atoms with E-state index < -0.39 is 0 Å². The van der Waals surface area contributed by atoms with Crippen molar-refractivity contribution in [2.45, 2.75) is 6.54 Å². The second kappa shape index (κ2) is 4.65. The average Bonchev–Trinajstić information content (AvgIpc) is 2.56. The highest BCUT2D eigenvalue weighted by atomic mass is 16.1. The van der Waals surface area contributed by atoms with E-state index in [4.69, 9.17) is 5.73 Å². The molecule has 100 valence electrons. The first kappa shape index (κ1) is 12.2. The van der Waals surface area contributed by atoms with Crippen LogP contribution < -0.4 is 16.7 Å². The van der Waals surface area contributed by atoms with Crippen molar-refractivity contribution < 1.29 is 0 Å². The Hall–Kier alpha value is -2.89. The molecule has 6 nitrogen and oxygen atoms in total. The van der Waals surface area contributed by atoms with Crippen molar-refractivity contribution in [3.63, 3.8) is 0 Å². The van der Waals surface area contributed by atoms with Crippen LogP contribution in [0, 0.1) is 0 Å². The molecule has 0 atom stereocenters. The minimum absolute atomic E-state index is 0.322. The summed E-state index contributed by atoms with van der Waals surface area (Å²) in [5.41, 5.74) is 7.73. The zero-order valence-corrected chi connectivity index (χ0v) is 10.7. The fourth-order valence-corrected chi connectivity index (χ4v) is 2.04. The molecule has 0 saturated heterocycles. The molecule has 0 unspecified atom stereocenters. The van der Waals surface area contributed by atoms with Crippen LogP contribution in [-0.4, -0.2) is 15.4 Å². The zero-order chi connectivity index (χ0) is 14.1. The number of amidine groups is 1. The smallest absolute Gasteiger partial charge is 0.349 e. The van der Waals surface area contributed by atoms with E-state index in [1.807, 2.05) is 24.3 Å². The Labute approximate surface area is 115 Å². The van der Waals surface area contributed by atoms with Gasteiger partial charge in [0.25, 0.3) is 0 Å². The summed E-state index contributed by atoms with van der Waals surface area (Å²) in [7, 11) is 0. The van der Waals surface area contributed by atoms with E-state index in [0.29, 0.717) is 29.4 Å². The molecule has 0 radical (unpaired) electrons. The van der Waals surface area contributed by atoms with Gasteiger partial charge in [0.05, 0.1) is 16.9 Å². The van der Waals surface area contributed by atoms with Crippen molar-refractivity contribution in [1.82, 2.24) is 9.55 Å². The van der Waals surface area contributed by atoms with Gasteiger partial charge < -0.3 is 11.1 Å². The van der Waals surface area contributed by atoms with Gasteiger partial charge in [-0.2, -0.15) is 4.98 Å². The van der Waals surface area contributed by atoms with Crippen LogP contribution in [-0.2, 0) is 6.54 Å². The van der Waals surface area contributed by atoms with Gasteiger partial charge in [-0.3, -0.25) is 4.57 Å². The van der Waals surface area contributed by atoms with Crippen LogP contribution in [0.2, 0.25) is 0 Å². The number of para-hydroxylation sites is 2. The highest BCUT2D eigenvalue weighted by molar-refractivity contribution is 6.05. The molecule has 3 N–H and O–H groups in total. The lowest BCUT2D eigenvalue weighted by atomic mass is 10.2. The lowest BCUT2D eigenvalue weighted by Crippen LogP contribution is -2.27. The number of allylic oxidation sites excluding steroid dienone is 1. The Morgan fingerprint density at radius 3 is 3.00 bits per heavy atom. The first-order chi connectivity index (χ1) is 9.69. The van der Waals surface area contributed by atoms with Crippen LogP contribution >= 0.6 is 0 Å². The summed E-state index contributed by atoms with van der Waals surface area (Å²) in [6, 6.07) is 7.45. The van der Waals surface area contributed by atoms with Crippen molar-refractivity contribution in [1.29, 1.82) is 0 Å². The zero-order valence-electron chi connectivity index (χ0n) is 10.7. The Morgan fingerprint density at radius 2 is 2.20 bits per heavy atom. The molecule has 3 rings (SSSR count). The van der Waals surface area contributed by atoms with Crippen LogP contribution in [0.3, 0.4) is 0 Å². The fourth-order valence-electron chi connectivity index (χ4n) is 2.04. The van der Waals surface area contributed by atoms with Gasteiger partial charge in [-0.15, -0.1) is 6.58 Å². The maximum atomic E-state index is 11.9. The lowest BCUT2D eigenvalue weighted by molar-refractivity contribution is 0.745. The van der Waals surface area contributed by atoms with E-state index in [0.717, 1.165) is 5.69 Å². The van der Waals surface area contributed by atoms with E-state index in [9.17, 15) is 4.79 Å². The number of benzene rings is 1. The van der Waals surface area contributed by atoms with Crippen molar-refractivity contribution in [2.75, 3.05) is 5.32 Å². The topological polar surface area (TPSA) is 85.3 Å².